The largest absolute Gasteiger partial charge is 0.385 e. The van der Waals surface area contributed by atoms with Gasteiger partial charge in [-0.1, -0.05) is 6.07 Å². The fourth-order valence-corrected chi connectivity index (χ4v) is 1.97. The Morgan fingerprint density at radius 1 is 1.47 bits per heavy atom. The predicted octanol–water partition coefficient (Wildman–Crippen LogP) is 1.17. The quantitative estimate of drug-likeness (QED) is 0.802. The third kappa shape index (κ3) is 4.72. The average molecular weight is 258 g/mol. The van der Waals surface area contributed by atoms with E-state index in [4.69, 9.17) is 9.88 Å². The second-order valence-corrected chi connectivity index (χ2v) is 5.46. The first kappa shape index (κ1) is 14.0. The highest BCUT2D eigenvalue weighted by molar-refractivity contribution is 7.89. The second-order valence-electron chi connectivity index (χ2n) is 3.90. The van der Waals surface area contributed by atoms with E-state index >= 15 is 0 Å². The van der Waals surface area contributed by atoms with Gasteiger partial charge in [0.25, 0.3) is 0 Å². The number of hydrogen-bond donors (Lipinski definition) is 2. The Labute approximate surface area is 102 Å². The number of anilines is 1. The van der Waals surface area contributed by atoms with E-state index in [1.807, 2.05) is 6.92 Å². The summed E-state index contributed by atoms with van der Waals surface area (Å²) in [6.07, 6.45) is 0.843. The van der Waals surface area contributed by atoms with E-state index in [1.54, 1.807) is 19.2 Å². The van der Waals surface area contributed by atoms with Crippen LogP contribution in [0.3, 0.4) is 0 Å². The molecule has 1 rings (SSSR count). The molecule has 0 aliphatic rings. The van der Waals surface area contributed by atoms with Crippen LogP contribution in [-0.2, 0) is 14.8 Å². The fourth-order valence-electron chi connectivity index (χ4n) is 1.41. The van der Waals surface area contributed by atoms with Crippen molar-refractivity contribution < 1.29 is 13.2 Å². The van der Waals surface area contributed by atoms with Crippen molar-refractivity contribution in [2.75, 3.05) is 19.0 Å². The van der Waals surface area contributed by atoms with Crippen LogP contribution in [-0.4, -0.2) is 28.2 Å². The normalized spacial score (nSPS) is 13.4. The number of rotatable bonds is 6. The van der Waals surface area contributed by atoms with E-state index in [-0.39, 0.29) is 10.9 Å². The predicted molar refractivity (Wildman–Crippen MR) is 67.4 cm³/mol. The molecule has 6 heteroatoms. The van der Waals surface area contributed by atoms with Crippen molar-refractivity contribution in [3.63, 3.8) is 0 Å². The van der Waals surface area contributed by atoms with Crippen LogP contribution in [0.4, 0.5) is 5.69 Å². The summed E-state index contributed by atoms with van der Waals surface area (Å²) in [5.41, 5.74) is 0.736. The number of nitrogens with two attached hydrogens (primary N) is 1. The second kappa shape index (κ2) is 6.00. The van der Waals surface area contributed by atoms with Crippen molar-refractivity contribution in [2.24, 2.45) is 5.14 Å². The zero-order valence-corrected chi connectivity index (χ0v) is 10.8. The molecule has 0 amide bonds. The molecule has 0 aromatic heterocycles. The van der Waals surface area contributed by atoms with Crippen LogP contribution in [0, 0.1) is 0 Å². The van der Waals surface area contributed by atoms with Crippen molar-refractivity contribution in [3.05, 3.63) is 24.3 Å². The highest BCUT2D eigenvalue weighted by atomic mass is 32.2. The topological polar surface area (TPSA) is 81.4 Å². The van der Waals surface area contributed by atoms with Gasteiger partial charge in [-0.15, -0.1) is 0 Å². The van der Waals surface area contributed by atoms with Gasteiger partial charge in [0.05, 0.1) is 4.90 Å². The Morgan fingerprint density at radius 2 is 2.18 bits per heavy atom. The number of methoxy groups -OCH3 is 1. The molecule has 0 bridgehead atoms. The average Bonchev–Trinajstić information content (AvgIpc) is 2.25. The maximum absolute atomic E-state index is 11.2. The Morgan fingerprint density at radius 3 is 2.76 bits per heavy atom. The molecule has 17 heavy (non-hydrogen) atoms. The van der Waals surface area contributed by atoms with Gasteiger partial charge in [0.15, 0.2) is 0 Å². The van der Waals surface area contributed by atoms with Gasteiger partial charge in [-0.2, -0.15) is 0 Å². The van der Waals surface area contributed by atoms with E-state index in [9.17, 15) is 8.42 Å². The molecule has 0 saturated heterocycles. The number of ether oxygens (including phenoxy) is 1. The van der Waals surface area contributed by atoms with E-state index in [0.717, 1.165) is 12.1 Å². The highest BCUT2D eigenvalue weighted by Gasteiger charge is 2.08. The number of primary sulfonamides is 1. The van der Waals surface area contributed by atoms with Crippen LogP contribution in [0.1, 0.15) is 13.3 Å². The van der Waals surface area contributed by atoms with Gasteiger partial charge in [-0.25, -0.2) is 13.6 Å². The summed E-state index contributed by atoms with van der Waals surface area (Å²) in [4.78, 5) is 0.112. The number of nitrogens with one attached hydrogen (secondary N) is 1. The Bertz CT molecular complexity index is 460. The lowest BCUT2D eigenvalue weighted by molar-refractivity contribution is 0.191. The molecular formula is C11H18N2O3S. The monoisotopic (exact) mass is 258 g/mol. The summed E-state index contributed by atoms with van der Waals surface area (Å²) in [5, 5.41) is 8.25. The molecule has 0 spiro atoms. The van der Waals surface area contributed by atoms with Gasteiger partial charge >= 0.3 is 0 Å². The minimum atomic E-state index is -3.64. The first-order valence-corrected chi connectivity index (χ1v) is 6.86. The third-order valence-electron chi connectivity index (χ3n) is 2.33. The van der Waals surface area contributed by atoms with Crippen molar-refractivity contribution in [3.8, 4) is 0 Å². The van der Waals surface area contributed by atoms with Crippen LogP contribution in [0.2, 0.25) is 0 Å². The van der Waals surface area contributed by atoms with Crippen molar-refractivity contribution >= 4 is 15.7 Å². The number of hydrogen-bond acceptors (Lipinski definition) is 4. The molecule has 0 fully saturated rings. The molecular weight excluding hydrogens is 240 g/mol. The summed E-state index contributed by atoms with van der Waals surface area (Å²) in [5.74, 6) is 0. The summed E-state index contributed by atoms with van der Waals surface area (Å²) in [7, 11) is -2.00. The number of sulfonamides is 1. The van der Waals surface area contributed by atoms with E-state index in [2.05, 4.69) is 5.32 Å². The minimum absolute atomic E-state index is 0.112. The smallest absolute Gasteiger partial charge is 0.238 e. The van der Waals surface area contributed by atoms with Crippen LogP contribution in [0.15, 0.2) is 29.2 Å². The SMILES string of the molecule is COCCC(C)Nc1cccc(S(N)(=O)=O)c1. The highest BCUT2D eigenvalue weighted by Crippen LogP contribution is 2.15. The minimum Gasteiger partial charge on any atom is -0.385 e. The van der Waals surface area contributed by atoms with E-state index < -0.39 is 10.0 Å². The van der Waals surface area contributed by atoms with Crippen LogP contribution >= 0.6 is 0 Å². The van der Waals surface area contributed by atoms with Gasteiger partial charge in [-0.05, 0) is 31.5 Å². The molecule has 5 nitrogen and oxygen atoms in total. The molecule has 96 valence electrons. The molecule has 0 heterocycles. The molecule has 0 saturated carbocycles. The lowest BCUT2D eigenvalue weighted by Gasteiger charge is -2.15. The maximum atomic E-state index is 11.2. The van der Waals surface area contributed by atoms with E-state index in [0.29, 0.717) is 6.61 Å². The van der Waals surface area contributed by atoms with Gasteiger partial charge in [0, 0.05) is 25.4 Å². The zero-order valence-electron chi connectivity index (χ0n) is 10.0. The van der Waals surface area contributed by atoms with Gasteiger partial charge < -0.3 is 10.1 Å². The first-order chi connectivity index (χ1) is 7.93. The molecule has 0 radical (unpaired) electrons. The Balaban J connectivity index is 2.73. The van der Waals surface area contributed by atoms with Crippen LogP contribution < -0.4 is 10.5 Å². The summed E-state index contributed by atoms with van der Waals surface area (Å²) in [6.45, 7) is 2.66. The summed E-state index contributed by atoms with van der Waals surface area (Å²) < 4.78 is 27.3. The molecule has 1 unspecified atom stereocenters. The number of benzene rings is 1. The Hall–Kier alpha value is -1.11. The fraction of sp³-hybridized carbons (Fsp3) is 0.455. The van der Waals surface area contributed by atoms with Gasteiger partial charge in [-0.3, -0.25) is 0 Å². The molecule has 1 aromatic rings. The van der Waals surface area contributed by atoms with Crippen LogP contribution in [0.5, 0.6) is 0 Å². The maximum Gasteiger partial charge on any atom is 0.238 e. The van der Waals surface area contributed by atoms with Crippen molar-refractivity contribution in [2.45, 2.75) is 24.3 Å². The van der Waals surface area contributed by atoms with Gasteiger partial charge in [0.2, 0.25) is 10.0 Å². The summed E-state index contributed by atoms with van der Waals surface area (Å²) >= 11 is 0. The first-order valence-electron chi connectivity index (χ1n) is 5.32. The lowest BCUT2D eigenvalue weighted by atomic mass is 10.2. The standard InChI is InChI=1S/C11H18N2O3S/c1-9(6-7-16-2)13-10-4-3-5-11(8-10)17(12,14)15/h3-5,8-9,13H,6-7H2,1-2H3,(H2,12,14,15). The lowest BCUT2D eigenvalue weighted by Crippen LogP contribution is -2.18. The molecule has 0 aliphatic carbocycles. The third-order valence-corrected chi connectivity index (χ3v) is 3.24. The van der Waals surface area contributed by atoms with E-state index in [1.165, 1.54) is 12.1 Å². The zero-order chi connectivity index (χ0) is 12.9. The van der Waals surface area contributed by atoms with Crippen LogP contribution in [0.25, 0.3) is 0 Å². The van der Waals surface area contributed by atoms with Crippen molar-refractivity contribution in [1.82, 2.24) is 0 Å². The molecule has 3 N–H and O–H groups in total. The van der Waals surface area contributed by atoms with Crippen molar-refractivity contribution in [1.29, 1.82) is 0 Å². The molecule has 1 aromatic carbocycles. The Kier molecular flexibility index (Phi) is 4.92. The molecule has 1 atom stereocenters. The molecule has 0 aliphatic heterocycles. The summed E-state index contributed by atoms with van der Waals surface area (Å²) in [6, 6.07) is 6.66. The van der Waals surface area contributed by atoms with Gasteiger partial charge in [0.1, 0.15) is 0 Å².